The lowest BCUT2D eigenvalue weighted by molar-refractivity contribution is -0.135. The molecule has 1 amide bonds. The van der Waals surface area contributed by atoms with E-state index in [1.54, 1.807) is 13.3 Å². The number of carbonyl (C=O) groups excluding carboxylic acids is 1. The van der Waals surface area contributed by atoms with Gasteiger partial charge in [0.25, 0.3) is 0 Å². The van der Waals surface area contributed by atoms with Gasteiger partial charge in [-0.3, -0.25) is 4.79 Å². The molecule has 0 spiro atoms. The van der Waals surface area contributed by atoms with Crippen LogP contribution in [0.4, 0.5) is 0 Å². The molecule has 2 aromatic carbocycles. The van der Waals surface area contributed by atoms with Gasteiger partial charge in [0, 0.05) is 23.6 Å². The van der Waals surface area contributed by atoms with Crippen molar-refractivity contribution in [2.75, 3.05) is 13.7 Å². The Labute approximate surface area is 181 Å². The average Bonchev–Trinajstić information content (AvgIpc) is 3.24. The average molecular weight is 425 g/mol. The number of para-hydroxylation sites is 1. The predicted molar refractivity (Wildman–Crippen MR) is 116 cm³/mol. The van der Waals surface area contributed by atoms with Gasteiger partial charge in [0.05, 0.1) is 19.7 Å². The SMILES string of the molecule is COc1ccccc1CC(=O)N1CCCC[C@H]1c1ncc(Cc2ccccc2Cl)o1. The van der Waals surface area contributed by atoms with E-state index in [9.17, 15) is 4.79 Å². The molecule has 1 aliphatic heterocycles. The standard InChI is InChI=1S/C24H25ClN2O3/c1-29-22-12-5-3-9-18(22)15-23(28)27-13-7-6-11-21(27)24-26-16-19(30-24)14-17-8-2-4-10-20(17)25/h2-5,8-10,12,16,21H,6-7,11,13-15H2,1H3/t21-/m0/s1. The van der Waals surface area contributed by atoms with E-state index in [1.807, 2.05) is 53.4 Å². The summed E-state index contributed by atoms with van der Waals surface area (Å²) in [6, 6.07) is 15.2. The maximum atomic E-state index is 13.1. The van der Waals surface area contributed by atoms with Gasteiger partial charge in [0.15, 0.2) is 0 Å². The Morgan fingerprint density at radius 2 is 1.93 bits per heavy atom. The van der Waals surface area contributed by atoms with Crippen LogP contribution >= 0.6 is 11.6 Å². The van der Waals surface area contributed by atoms with Gasteiger partial charge in [0.1, 0.15) is 17.6 Å². The molecule has 0 unspecified atom stereocenters. The molecule has 3 aromatic rings. The zero-order valence-corrected chi connectivity index (χ0v) is 17.8. The Morgan fingerprint density at radius 3 is 2.73 bits per heavy atom. The first-order valence-corrected chi connectivity index (χ1v) is 10.6. The number of oxazole rings is 1. The lowest BCUT2D eigenvalue weighted by Gasteiger charge is -2.34. The summed E-state index contributed by atoms with van der Waals surface area (Å²) in [5.74, 6) is 2.15. The second-order valence-electron chi connectivity index (χ2n) is 7.52. The number of hydrogen-bond donors (Lipinski definition) is 0. The van der Waals surface area contributed by atoms with E-state index in [0.29, 0.717) is 30.3 Å². The molecule has 2 heterocycles. The molecule has 0 N–H and O–H groups in total. The highest BCUT2D eigenvalue weighted by Gasteiger charge is 2.31. The maximum absolute atomic E-state index is 13.1. The number of benzene rings is 2. The van der Waals surface area contributed by atoms with Crippen LogP contribution < -0.4 is 4.74 Å². The number of piperidine rings is 1. The lowest BCUT2D eigenvalue weighted by Crippen LogP contribution is -2.39. The molecular weight excluding hydrogens is 400 g/mol. The number of aromatic nitrogens is 1. The zero-order valence-electron chi connectivity index (χ0n) is 17.0. The third-order valence-electron chi connectivity index (χ3n) is 5.54. The number of nitrogens with zero attached hydrogens (tertiary/aromatic N) is 2. The summed E-state index contributed by atoms with van der Waals surface area (Å²) in [6.07, 6.45) is 5.51. The molecule has 0 radical (unpaired) electrons. The molecule has 0 bridgehead atoms. The third-order valence-corrected chi connectivity index (χ3v) is 5.91. The number of rotatable bonds is 6. The number of halogens is 1. The smallest absolute Gasteiger partial charge is 0.227 e. The molecule has 1 fully saturated rings. The first-order valence-electron chi connectivity index (χ1n) is 10.2. The van der Waals surface area contributed by atoms with Crippen LogP contribution in [0.25, 0.3) is 0 Å². The van der Waals surface area contributed by atoms with Gasteiger partial charge in [-0.1, -0.05) is 48.0 Å². The van der Waals surface area contributed by atoms with Crippen molar-refractivity contribution < 1.29 is 13.9 Å². The first kappa shape index (κ1) is 20.5. The Hall–Kier alpha value is -2.79. The fraction of sp³-hybridized carbons (Fsp3) is 0.333. The zero-order chi connectivity index (χ0) is 20.9. The van der Waals surface area contributed by atoms with E-state index in [-0.39, 0.29) is 11.9 Å². The summed E-state index contributed by atoms with van der Waals surface area (Å²) in [5.41, 5.74) is 1.88. The van der Waals surface area contributed by atoms with E-state index in [2.05, 4.69) is 4.98 Å². The molecule has 4 rings (SSSR count). The van der Waals surface area contributed by atoms with Gasteiger partial charge in [-0.25, -0.2) is 4.98 Å². The topological polar surface area (TPSA) is 55.6 Å². The minimum atomic E-state index is -0.138. The number of carbonyl (C=O) groups is 1. The second-order valence-corrected chi connectivity index (χ2v) is 7.93. The number of likely N-dealkylation sites (tertiary alicyclic amines) is 1. The summed E-state index contributed by atoms with van der Waals surface area (Å²) < 4.78 is 11.5. The summed E-state index contributed by atoms with van der Waals surface area (Å²) in [4.78, 5) is 19.6. The van der Waals surface area contributed by atoms with Crippen molar-refractivity contribution in [1.82, 2.24) is 9.88 Å². The van der Waals surface area contributed by atoms with Crippen molar-refractivity contribution in [1.29, 1.82) is 0 Å². The highest BCUT2D eigenvalue weighted by atomic mass is 35.5. The van der Waals surface area contributed by atoms with Gasteiger partial charge in [-0.2, -0.15) is 0 Å². The Morgan fingerprint density at radius 1 is 1.17 bits per heavy atom. The van der Waals surface area contributed by atoms with Crippen LogP contribution in [0.3, 0.4) is 0 Å². The Kier molecular flexibility index (Phi) is 6.38. The van der Waals surface area contributed by atoms with Crippen molar-refractivity contribution in [2.24, 2.45) is 0 Å². The summed E-state index contributed by atoms with van der Waals surface area (Å²) >= 11 is 6.27. The molecule has 6 heteroatoms. The van der Waals surface area contributed by atoms with Gasteiger partial charge in [-0.15, -0.1) is 0 Å². The molecular formula is C24H25ClN2O3. The van der Waals surface area contributed by atoms with E-state index in [0.717, 1.165) is 41.9 Å². The number of methoxy groups -OCH3 is 1. The van der Waals surface area contributed by atoms with E-state index in [1.165, 1.54) is 0 Å². The maximum Gasteiger partial charge on any atom is 0.227 e. The normalized spacial score (nSPS) is 16.5. The van der Waals surface area contributed by atoms with Crippen LogP contribution in [-0.2, 0) is 17.6 Å². The molecule has 30 heavy (non-hydrogen) atoms. The second kappa shape index (κ2) is 9.35. The van der Waals surface area contributed by atoms with Crippen molar-refractivity contribution in [3.63, 3.8) is 0 Å². The summed E-state index contributed by atoms with van der Waals surface area (Å²) in [6.45, 7) is 0.709. The van der Waals surface area contributed by atoms with Crippen LogP contribution in [0.5, 0.6) is 5.75 Å². The number of amides is 1. The Balaban J connectivity index is 1.50. The van der Waals surface area contributed by atoms with Crippen LogP contribution in [0.1, 0.15) is 48.1 Å². The molecule has 156 valence electrons. The van der Waals surface area contributed by atoms with Crippen LogP contribution in [-0.4, -0.2) is 29.4 Å². The first-order chi connectivity index (χ1) is 14.7. The molecule has 5 nitrogen and oxygen atoms in total. The number of hydrogen-bond acceptors (Lipinski definition) is 4. The molecule has 1 aliphatic rings. The predicted octanol–water partition coefficient (Wildman–Crippen LogP) is 5.22. The summed E-state index contributed by atoms with van der Waals surface area (Å²) in [7, 11) is 1.63. The molecule has 0 saturated carbocycles. The lowest BCUT2D eigenvalue weighted by atomic mass is 10.0. The third kappa shape index (κ3) is 4.51. The van der Waals surface area contributed by atoms with Crippen molar-refractivity contribution in [3.8, 4) is 5.75 Å². The van der Waals surface area contributed by atoms with E-state index in [4.69, 9.17) is 20.8 Å². The molecule has 1 saturated heterocycles. The molecule has 1 atom stereocenters. The minimum absolute atomic E-state index is 0.0649. The van der Waals surface area contributed by atoms with Crippen LogP contribution in [0.2, 0.25) is 5.02 Å². The van der Waals surface area contributed by atoms with Crippen LogP contribution in [0, 0.1) is 0 Å². The van der Waals surface area contributed by atoms with Gasteiger partial charge in [-0.05, 0) is 37.0 Å². The highest BCUT2D eigenvalue weighted by molar-refractivity contribution is 6.31. The van der Waals surface area contributed by atoms with Gasteiger partial charge in [0.2, 0.25) is 11.8 Å². The molecule has 1 aromatic heterocycles. The highest BCUT2D eigenvalue weighted by Crippen LogP contribution is 2.32. The minimum Gasteiger partial charge on any atom is -0.496 e. The van der Waals surface area contributed by atoms with Crippen molar-refractivity contribution in [2.45, 2.75) is 38.1 Å². The number of ether oxygens (including phenoxy) is 1. The monoisotopic (exact) mass is 424 g/mol. The van der Waals surface area contributed by atoms with Gasteiger partial charge >= 0.3 is 0 Å². The summed E-state index contributed by atoms with van der Waals surface area (Å²) in [5, 5.41) is 0.710. The van der Waals surface area contributed by atoms with E-state index < -0.39 is 0 Å². The van der Waals surface area contributed by atoms with Gasteiger partial charge < -0.3 is 14.1 Å². The Bertz CT molecular complexity index is 1020. The van der Waals surface area contributed by atoms with E-state index >= 15 is 0 Å². The fourth-order valence-corrected chi connectivity index (χ4v) is 4.19. The largest absolute Gasteiger partial charge is 0.496 e. The molecule has 0 aliphatic carbocycles. The van der Waals surface area contributed by atoms with Crippen molar-refractivity contribution in [3.05, 3.63) is 82.5 Å². The van der Waals surface area contributed by atoms with Crippen molar-refractivity contribution >= 4 is 17.5 Å². The quantitative estimate of drug-likeness (QED) is 0.544. The van der Waals surface area contributed by atoms with Crippen LogP contribution in [0.15, 0.2) is 59.1 Å². The fourth-order valence-electron chi connectivity index (χ4n) is 3.99.